The lowest BCUT2D eigenvalue weighted by Gasteiger charge is -2.08. The first kappa shape index (κ1) is 18.2. The molecule has 5 rings (SSSR count). The lowest BCUT2D eigenvalue weighted by molar-refractivity contribution is 1.16. The normalized spacial score (nSPS) is 11.4. The summed E-state index contributed by atoms with van der Waals surface area (Å²) >= 11 is 6.05. The highest BCUT2D eigenvalue weighted by atomic mass is 35.5. The number of anilines is 1. The minimum absolute atomic E-state index is 0.424. The summed E-state index contributed by atoms with van der Waals surface area (Å²) in [5.41, 5.74) is 7.49. The number of rotatable bonds is 4. The summed E-state index contributed by atoms with van der Waals surface area (Å²) in [5.74, 6) is 0.424. The number of nitrogens with zero attached hydrogens (tertiary/aromatic N) is 4. The topological polar surface area (TPSA) is 63.1 Å². The third-order valence-corrected chi connectivity index (χ3v) is 5.02. The predicted molar refractivity (Wildman–Crippen MR) is 123 cm³/mol. The number of hydrogen-bond donors (Lipinski definition) is 1. The van der Waals surface area contributed by atoms with Gasteiger partial charge < -0.3 is 0 Å². The summed E-state index contributed by atoms with van der Waals surface area (Å²) < 4.78 is 0. The van der Waals surface area contributed by atoms with E-state index in [1.54, 1.807) is 12.4 Å². The van der Waals surface area contributed by atoms with Gasteiger partial charge in [-0.3, -0.25) is 4.98 Å². The van der Waals surface area contributed by atoms with Crippen molar-refractivity contribution in [2.24, 2.45) is 5.10 Å². The number of nitrogens with one attached hydrogen (secondary N) is 1. The Labute approximate surface area is 178 Å². The number of para-hydroxylation sites is 1. The molecule has 0 unspecified atom stereocenters. The van der Waals surface area contributed by atoms with Crippen LogP contribution in [0.5, 0.6) is 0 Å². The minimum Gasteiger partial charge on any atom is -0.256 e. The zero-order valence-corrected chi connectivity index (χ0v) is 16.6. The van der Waals surface area contributed by atoms with E-state index in [1.165, 1.54) is 0 Å². The second-order valence-electron chi connectivity index (χ2n) is 6.71. The molecule has 1 N–H and O–H groups in total. The third-order valence-electron chi connectivity index (χ3n) is 4.77. The molecule has 0 bridgehead atoms. The number of halogens is 1. The van der Waals surface area contributed by atoms with E-state index in [0.717, 1.165) is 38.6 Å². The molecule has 0 spiro atoms. The number of benzene rings is 3. The fraction of sp³-hybridized carbons (Fsp3) is 0. The first-order chi connectivity index (χ1) is 14.8. The van der Waals surface area contributed by atoms with Crippen LogP contribution in [0.3, 0.4) is 0 Å². The van der Waals surface area contributed by atoms with Crippen molar-refractivity contribution >= 4 is 45.6 Å². The van der Waals surface area contributed by atoms with Crippen molar-refractivity contribution in [1.82, 2.24) is 15.0 Å². The van der Waals surface area contributed by atoms with Crippen LogP contribution in [-0.4, -0.2) is 21.2 Å². The van der Waals surface area contributed by atoms with Crippen LogP contribution in [-0.2, 0) is 0 Å². The molecule has 0 saturated carbocycles. The quantitative estimate of drug-likeness (QED) is 0.294. The predicted octanol–water partition coefficient (Wildman–Crippen LogP) is 5.94. The SMILES string of the molecule is Clc1ccc(-c2nc(N/N=C/c3cccc4ncccc34)nc3ccccc23)cc1. The largest absolute Gasteiger partial charge is 0.256 e. The molecule has 0 aliphatic heterocycles. The Morgan fingerprint density at radius 1 is 0.767 bits per heavy atom. The number of hydrazone groups is 1. The standard InChI is InChI=1S/C24H16ClN5/c25-18-12-10-16(11-13-18)23-20-6-1-2-8-22(20)28-24(29-23)30-27-15-17-5-3-9-21-19(17)7-4-14-26-21/h1-15H,(H,28,29,30)/b27-15+. The highest BCUT2D eigenvalue weighted by Crippen LogP contribution is 2.28. The van der Waals surface area contributed by atoms with E-state index in [4.69, 9.17) is 16.6 Å². The zero-order valence-electron chi connectivity index (χ0n) is 15.8. The molecule has 6 heteroatoms. The van der Waals surface area contributed by atoms with Gasteiger partial charge in [0.15, 0.2) is 0 Å². The molecule has 0 aliphatic carbocycles. The van der Waals surface area contributed by atoms with Gasteiger partial charge in [-0.1, -0.05) is 60.1 Å². The Hall–Kier alpha value is -3.83. The van der Waals surface area contributed by atoms with E-state index < -0.39 is 0 Å². The van der Waals surface area contributed by atoms with Crippen molar-refractivity contribution in [1.29, 1.82) is 0 Å². The molecule has 144 valence electrons. The molecule has 5 nitrogen and oxygen atoms in total. The number of aromatic nitrogens is 3. The summed E-state index contributed by atoms with van der Waals surface area (Å²) in [4.78, 5) is 13.7. The van der Waals surface area contributed by atoms with Gasteiger partial charge in [-0.15, -0.1) is 0 Å². The van der Waals surface area contributed by atoms with E-state index in [1.807, 2.05) is 78.9 Å². The summed E-state index contributed by atoms with van der Waals surface area (Å²) in [6, 6.07) is 25.4. The van der Waals surface area contributed by atoms with Gasteiger partial charge in [0.25, 0.3) is 0 Å². The molecule has 30 heavy (non-hydrogen) atoms. The van der Waals surface area contributed by atoms with Crippen molar-refractivity contribution in [3.8, 4) is 11.3 Å². The first-order valence-electron chi connectivity index (χ1n) is 9.43. The van der Waals surface area contributed by atoms with Crippen LogP contribution >= 0.6 is 11.6 Å². The minimum atomic E-state index is 0.424. The van der Waals surface area contributed by atoms with E-state index in [2.05, 4.69) is 20.5 Å². The van der Waals surface area contributed by atoms with Crippen LogP contribution in [0.15, 0.2) is 90.2 Å². The molecule has 3 aromatic carbocycles. The molecular formula is C24H16ClN5. The van der Waals surface area contributed by atoms with Gasteiger partial charge in [-0.2, -0.15) is 5.10 Å². The summed E-state index contributed by atoms with van der Waals surface area (Å²) in [6.07, 6.45) is 3.53. The van der Waals surface area contributed by atoms with Gasteiger partial charge >= 0.3 is 0 Å². The highest BCUT2D eigenvalue weighted by molar-refractivity contribution is 6.30. The maximum absolute atomic E-state index is 6.05. The van der Waals surface area contributed by atoms with Crippen molar-refractivity contribution in [2.75, 3.05) is 5.43 Å². The van der Waals surface area contributed by atoms with E-state index in [0.29, 0.717) is 11.0 Å². The Morgan fingerprint density at radius 2 is 1.57 bits per heavy atom. The third kappa shape index (κ3) is 3.58. The number of hydrogen-bond acceptors (Lipinski definition) is 5. The molecule has 0 fully saturated rings. The molecule has 0 radical (unpaired) electrons. The van der Waals surface area contributed by atoms with Crippen molar-refractivity contribution in [2.45, 2.75) is 0 Å². The fourth-order valence-corrected chi connectivity index (χ4v) is 3.48. The molecule has 0 saturated heterocycles. The first-order valence-corrected chi connectivity index (χ1v) is 9.81. The maximum atomic E-state index is 6.05. The molecule has 2 aromatic heterocycles. The Balaban J connectivity index is 1.51. The van der Waals surface area contributed by atoms with Crippen LogP contribution in [0.4, 0.5) is 5.95 Å². The van der Waals surface area contributed by atoms with Crippen LogP contribution in [0.25, 0.3) is 33.1 Å². The fourth-order valence-electron chi connectivity index (χ4n) is 3.35. The van der Waals surface area contributed by atoms with Gasteiger partial charge in [-0.05, 0) is 30.3 Å². The Bertz CT molecular complexity index is 1370. The van der Waals surface area contributed by atoms with Gasteiger partial charge in [0, 0.05) is 33.1 Å². The van der Waals surface area contributed by atoms with Crippen molar-refractivity contribution in [3.05, 3.63) is 95.6 Å². The average molecular weight is 410 g/mol. The van der Waals surface area contributed by atoms with E-state index in [9.17, 15) is 0 Å². The monoisotopic (exact) mass is 409 g/mol. The van der Waals surface area contributed by atoms with Gasteiger partial charge in [0.1, 0.15) is 0 Å². The smallest absolute Gasteiger partial charge is 0.244 e. The molecule has 0 aliphatic rings. The van der Waals surface area contributed by atoms with Crippen LogP contribution in [0, 0.1) is 0 Å². The second kappa shape index (κ2) is 7.89. The lowest BCUT2D eigenvalue weighted by Crippen LogP contribution is -2.00. The molecule has 0 atom stereocenters. The molecule has 0 amide bonds. The second-order valence-corrected chi connectivity index (χ2v) is 7.14. The molecular weight excluding hydrogens is 394 g/mol. The molecule has 5 aromatic rings. The molecule has 2 heterocycles. The van der Waals surface area contributed by atoms with Crippen molar-refractivity contribution in [3.63, 3.8) is 0 Å². The Kier molecular flexibility index (Phi) is 4.79. The van der Waals surface area contributed by atoms with Crippen LogP contribution in [0.2, 0.25) is 5.02 Å². The number of fused-ring (bicyclic) bond motifs is 2. The summed E-state index contributed by atoms with van der Waals surface area (Å²) in [5, 5.41) is 7.05. The summed E-state index contributed by atoms with van der Waals surface area (Å²) in [6.45, 7) is 0. The number of pyridine rings is 1. The van der Waals surface area contributed by atoms with Crippen molar-refractivity contribution < 1.29 is 0 Å². The van der Waals surface area contributed by atoms with Gasteiger partial charge in [0.05, 0.1) is 22.9 Å². The average Bonchev–Trinajstić information content (AvgIpc) is 2.79. The Morgan fingerprint density at radius 3 is 2.47 bits per heavy atom. The van der Waals surface area contributed by atoms with E-state index in [-0.39, 0.29) is 0 Å². The highest BCUT2D eigenvalue weighted by Gasteiger charge is 2.09. The zero-order chi connectivity index (χ0) is 20.3. The maximum Gasteiger partial charge on any atom is 0.244 e. The van der Waals surface area contributed by atoms with Gasteiger partial charge in [-0.25, -0.2) is 15.4 Å². The van der Waals surface area contributed by atoms with E-state index >= 15 is 0 Å². The van der Waals surface area contributed by atoms with Crippen LogP contribution in [0.1, 0.15) is 5.56 Å². The lowest BCUT2D eigenvalue weighted by atomic mass is 10.1. The van der Waals surface area contributed by atoms with Crippen LogP contribution < -0.4 is 5.43 Å². The van der Waals surface area contributed by atoms with Gasteiger partial charge in [0.2, 0.25) is 5.95 Å². The summed E-state index contributed by atoms with van der Waals surface area (Å²) in [7, 11) is 0.